The van der Waals surface area contributed by atoms with Gasteiger partial charge in [-0.1, -0.05) is 53.2 Å². The van der Waals surface area contributed by atoms with Crippen molar-refractivity contribution in [3.05, 3.63) is 12.2 Å². The van der Waals surface area contributed by atoms with Crippen molar-refractivity contribution in [2.24, 2.45) is 56.7 Å². The van der Waals surface area contributed by atoms with Crippen molar-refractivity contribution >= 4 is 5.97 Å². The fourth-order valence-corrected chi connectivity index (χ4v) is 11.7. The third kappa shape index (κ3) is 2.88. The van der Waals surface area contributed by atoms with Crippen molar-refractivity contribution in [3.63, 3.8) is 0 Å². The molecule has 0 aromatic rings. The lowest BCUT2D eigenvalue weighted by Crippen LogP contribution is -2.63. The fraction of sp³-hybridized carbons (Fsp3) is 0.903. The van der Waals surface area contributed by atoms with Crippen LogP contribution in [0.5, 0.6) is 0 Å². The molecule has 0 saturated heterocycles. The molecule has 1 unspecified atom stereocenters. The summed E-state index contributed by atoms with van der Waals surface area (Å²) >= 11 is 0. The lowest BCUT2D eigenvalue weighted by molar-refractivity contribution is -0.215. The minimum atomic E-state index is -0.537. The van der Waals surface area contributed by atoms with Crippen LogP contribution in [0.1, 0.15) is 112 Å². The number of allylic oxidation sites excluding steroid dienone is 1. The van der Waals surface area contributed by atoms with Crippen LogP contribution in [0.4, 0.5) is 0 Å². The smallest absolute Gasteiger partial charge is 0.309 e. The average molecular weight is 471 g/mol. The Bertz CT molecular complexity index is 876. The number of aliphatic carboxylic acids is 1. The molecule has 0 aromatic heterocycles. The Kier molecular flexibility index (Phi) is 5.55. The maximum atomic E-state index is 12.8. The monoisotopic (exact) mass is 470 g/mol. The molecule has 5 rings (SSSR count). The third-order valence-corrected chi connectivity index (χ3v) is 13.7. The molecule has 0 bridgehead atoms. The minimum absolute atomic E-state index is 0.0302. The van der Waals surface area contributed by atoms with Crippen LogP contribution in [-0.2, 0) is 4.79 Å². The average Bonchev–Trinajstić information content (AvgIpc) is 3.11. The molecular formula is C31H50O3. The van der Waals surface area contributed by atoms with Crippen LogP contribution in [0.2, 0.25) is 0 Å². The van der Waals surface area contributed by atoms with Crippen LogP contribution >= 0.6 is 0 Å². The Balaban J connectivity index is 1.59. The van der Waals surface area contributed by atoms with E-state index in [4.69, 9.17) is 0 Å². The Morgan fingerprint density at radius 2 is 1.53 bits per heavy atom. The summed E-state index contributed by atoms with van der Waals surface area (Å²) in [5, 5.41) is 21.5. The van der Waals surface area contributed by atoms with Crippen LogP contribution in [0, 0.1) is 56.7 Å². The van der Waals surface area contributed by atoms with Gasteiger partial charge in [-0.2, -0.15) is 0 Å². The normalized spacial score (nSPS) is 54.1. The number of aliphatic hydroxyl groups excluding tert-OH is 1. The molecule has 5 fully saturated rings. The zero-order valence-corrected chi connectivity index (χ0v) is 22.8. The predicted octanol–water partition coefficient (Wildman–Crippen LogP) is 7.48. The third-order valence-electron chi connectivity index (χ3n) is 13.7. The highest BCUT2D eigenvalue weighted by Gasteiger charge is 2.71. The maximum Gasteiger partial charge on any atom is 0.309 e. The van der Waals surface area contributed by atoms with Crippen molar-refractivity contribution in [1.29, 1.82) is 0 Å². The van der Waals surface area contributed by atoms with Gasteiger partial charge < -0.3 is 10.2 Å². The first-order valence-electron chi connectivity index (χ1n) is 14.3. The van der Waals surface area contributed by atoms with Gasteiger partial charge in [-0.05, 0) is 122 Å². The number of aliphatic hydroxyl groups is 1. The first-order chi connectivity index (χ1) is 15.8. The van der Waals surface area contributed by atoms with E-state index in [1.807, 2.05) is 0 Å². The van der Waals surface area contributed by atoms with Gasteiger partial charge >= 0.3 is 5.97 Å². The standard InChI is InChI=1S/C31H50O3/c1-19(2)20-12-16-31(26(33)34)18-17-29(6)21(25(20)31)10-11-23-28(5)15-13-24(32)27(3,4)22(28)9-8-14-30(23,29)7/h20-25,32H,1,8-18H2,2-7H3,(H,33,34)/t20-,21+,22?,23+,24-,25+,28-,29+,30+,31-/m0/s1. The molecule has 5 aliphatic rings. The molecule has 3 heteroatoms. The predicted molar refractivity (Wildman–Crippen MR) is 137 cm³/mol. The zero-order valence-electron chi connectivity index (χ0n) is 22.8. The molecule has 0 spiro atoms. The molecule has 10 atom stereocenters. The first-order valence-corrected chi connectivity index (χ1v) is 14.3. The van der Waals surface area contributed by atoms with Gasteiger partial charge in [-0.15, -0.1) is 0 Å². The second-order valence-electron chi connectivity index (χ2n) is 14.9. The molecule has 5 aliphatic carbocycles. The summed E-state index contributed by atoms with van der Waals surface area (Å²) in [4.78, 5) is 12.8. The van der Waals surface area contributed by atoms with Crippen molar-refractivity contribution in [2.75, 3.05) is 0 Å². The Morgan fingerprint density at radius 3 is 2.18 bits per heavy atom. The van der Waals surface area contributed by atoms with E-state index >= 15 is 0 Å². The van der Waals surface area contributed by atoms with Gasteiger partial charge in [0.15, 0.2) is 0 Å². The van der Waals surface area contributed by atoms with Gasteiger partial charge in [0.05, 0.1) is 11.5 Å². The number of carbonyl (C=O) groups is 1. The van der Waals surface area contributed by atoms with E-state index in [-0.39, 0.29) is 33.7 Å². The van der Waals surface area contributed by atoms with Crippen molar-refractivity contribution < 1.29 is 15.0 Å². The van der Waals surface area contributed by atoms with Crippen molar-refractivity contribution in [1.82, 2.24) is 0 Å². The second-order valence-corrected chi connectivity index (χ2v) is 14.9. The molecular weight excluding hydrogens is 420 g/mol. The molecule has 3 nitrogen and oxygen atoms in total. The van der Waals surface area contributed by atoms with E-state index in [0.29, 0.717) is 23.7 Å². The van der Waals surface area contributed by atoms with Crippen LogP contribution in [0.3, 0.4) is 0 Å². The lowest BCUT2D eigenvalue weighted by Gasteiger charge is -2.69. The highest BCUT2D eigenvalue weighted by atomic mass is 16.4. The van der Waals surface area contributed by atoms with Gasteiger partial charge in [0, 0.05) is 0 Å². The summed E-state index contributed by atoms with van der Waals surface area (Å²) < 4.78 is 0. The maximum absolute atomic E-state index is 12.8. The Morgan fingerprint density at radius 1 is 0.824 bits per heavy atom. The van der Waals surface area contributed by atoms with E-state index in [1.54, 1.807) is 0 Å². The minimum Gasteiger partial charge on any atom is -0.481 e. The summed E-state index contributed by atoms with van der Waals surface area (Å²) in [7, 11) is 0. The number of carboxylic acids is 1. The summed E-state index contributed by atoms with van der Waals surface area (Å²) in [6.45, 7) is 18.9. The zero-order chi connectivity index (χ0) is 24.9. The number of hydrogen-bond donors (Lipinski definition) is 2. The summed E-state index contributed by atoms with van der Waals surface area (Å²) in [6, 6.07) is 0. The van der Waals surface area contributed by atoms with E-state index in [2.05, 4.69) is 48.1 Å². The highest BCUT2D eigenvalue weighted by Crippen LogP contribution is 2.76. The summed E-state index contributed by atoms with van der Waals surface area (Å²) in [6.07, 6.45) is 11.7. The van der Waals surface area contributed by atoms with E-state index in [1.165, 1.54) is 37.7 Å². The molecule has 0 aliphatic heterocycles. The van der Waals surface area contributed by atoms with Crippen molar-refractivity contribution in [2.45, 2.75) is 118 Å². The molecule has 0 radical (unpaired) electrons. The summed E-state index contributed by atoms with van der Waals surface area (Å²) in [5.74, 6) is 1.76. The lowest BCUT2D eigenvalue weighted by atomic mass is 9.36. The number of hydrogen-bond acceptors (Lipinski definition) is 2. The largest absolute Gasteiger partial charge is 0.481 e. The second kappa shape index (κ2) is 7.59. The Hall–Kier alpha value is -0.830. The molecule has 192 valence electrons. The molecule has 34 heavy (non-hydrogen) atoms. The van der Waals surface area contributed by atoms with E-state index < -0.39 is 11.4 Å². The number of rotatable bonds is 2. The SMILES string of the molecule is C=C(C)[C@@H]1CC[C@]2(C(=O)O)CC[C@]3(C)[C@H](CC[C@@H]4[C@@]5(C)CC[C@H](O)C(C)(C)C5CCC[C@]43C)[C@@H]12. The van der Waals surface area contributed by atoms with Gasteiger partial charge in [-0.3, -0.25) is 4.79 Å². The number of carboxylic acid groups (broad SMARTS) is 1. The Labute approximate surface area is 208 Å². The molecule has 0 aromatic carbocycles. The number of fused-ring (bicyclic) bond motifs is 7. The quantitative estimate of drug-likeness (QED) is 0.411. The highest BCUT2D eigenvalue weighted by molar-refractivity contribution is 5.76. The van der Waals surface area contributed by atoms with Gasteiger partial charge in [0.2, 0.25) is 0 Å². The fourth-order valence-electron chi connectivity index (χ4n) is 11.7. The van der Waals surface area contributed by atoms with Crippen molar-refractivity contribution in [3.8, 4) is 0 Å². The molecule has 0 amide bonds. The first kappa shape index (κ1) is 24.8. The van der Waals surface area contributed by atoms with Crippen LogP contribution in [-0.4, -0.2) is 22.3 Å². The molecule has 0 heterocycles. The molecule has 5 saturated carbocycles. The van der Waals surface area contributed by atoms with Crippen LogP contribution in [0.25, 0.3) is 0 Å². The topological polar surface area (TPSA) is 57.5 Å². The van der Waals surface area contributed by atoms with E-state index in [0.717, 1.165) is 38.5 Å². The van der Waals surface area contributed by atoms with Crippen LogP contribution in [0.15, 0.2) is 12.2 Å². The molecule has 2 N–H and O–H groups in total. The van der Waals surface area contributed by atoms with Gasteiger partial charge in [-0.25, -0.2) is 0 Å². The van der Waals surface area contributed by atoms with Crippen LogP contribution < -0.4 is 0 Å². The summed E-state index contributed by atoms with van der Waals surface area (Å²) in [5.41, 5.74) is 1.30. The van der Waals surface area contributed by atoms with E-state index in [9.17, 15) is 15.0 Å². The van der Waals surface area contributed by atoms with Gasteiger partial charge in [0.25, 0.3) is 0 Å². The van der Waals surface area contributed by atoms with Gasteiger partial charge in [0.1, 0.15) is 0 Å².